The Morgan fingerprint density at radius 3 is 2.23 bits per heavy atom. The molecular weight excluding hydrogens is 532 g/mol. The van der Waals surface area contributed by atoms with Crippen molar-refractivity contribution in [3.05, 3.63) is 15.8 Å². The highest BCUT2D eigenvalue weighted by atomic mass is 32.1. The van der Waals surface area contributed by atoms with Crippen LogP contribution in [0.25, 0.3) is 0 Å². The zero-order chi connectivity index (χ0) is 30.2. The second kappa shape index (κ2) is 14.5. The molecule has 1 aliphatic rings. The Labute approximate surface area is 242 Å². The average molecular weight is 577 g/mol. The number of likely N-dealkylation sites (N-methyl/N-ethyl adjacent to an activating group) is 1. The van der Waals surface area contributed by atoms with Crippen LogP contribution in [-0.2, 0) is 23.8 Å². The number of nitrogens with zero attached hydrogens (tertiary/aromatic N) is 2. The van der Waals surface area contributed by atoms with Crippen molar-refractivity contribution < 1.29 is 33.4 Å². The van der Waals surface area contributed by atoms with Crippen molar-refractivity contribution in [2.45, 2.75) is 92.7 Å². The van der Waals surface area contributed by atoms with Crippen LogP contribution in [0.1, 0.15) is 95.1 Å². The number of thiophene rings is 1. The lowest BCUT2D eigenvalue weighted by Gasteiger charge is -2.36. The topological polar surface area (TPSA) is 102 Å². The molecule has 0 spiro atoms. The molecule has 2 amide bonds. The van der Waals surface area contributed by atoms with E-state index < -0.39 is 31.1 Å². The molecule has 0 aliphatic heterocycles. The number of anilines is 1. The van der Waals surface area contributed by atoms with E-state index in [1.165, 1.54) is 9.80 Å². The summed E-state index contributed by atoms with van der Waals surface area (Å²) in [5, 5.41) is 0. The summed E-state index contributed by atoms with van der Waals surface area (Å²) in [6.45, 7) is 12.6. The standard InChI is InChI=1S/C30H44N2O7S/c1-10-23(27(34)31(8)9)32(26(33)21-13-11-20(4)12-14-21)24-17-22(15-16-30(5,6)7)40-25(24)28(35)37-18-38-29(36)39-19(2)3/h17,19-21,23H,10-14,18H2,1-9H3/t20?,21?,23-/m0/s1. The molecule has 1 heterocycles. The summed E-state index contributed by atoms with van der Waals surface area (Å²) in [7, 11) is 3.29. The van der Waals surface area contributed by atoms with E-state index in [0.29, 0.717) is 17.2 Å². The molecule has 222 valence electrons. The molecule has 1 atom stereocenters. The van der Waals surface area contributed by atoms with Gasteiger partial charge in [0.15, 0.2) is 0 Å². The van der Waals surface area contributed by atoms with Crippen molar-refractivity contribution in [3.63, 3.8) is 0 Å². The zero-order valence-electron chi connectivity index (χ0n) is 25.3. The second-order valence-corrected chi connectivity index (χ2v) is 12.8. The van der Waals surface area contributed by atoms with Crippen LogP contribution in [0.5, 0.6) is 0 Å². The van der Waals surface area contributed by atoms with Gasteiger partial charge < -0.3 is 19.1 Å². The Hall–Kier alpha value is -3.06. The summed E-state index contributed by atoms with van der Waals surface area (Å²) in [5.41, 5.74) is -0.0139. The van der Waals surface area contributed by atoms with E-state index in [9.17, 15) is 19.2 Å². The highest BCUT2D eigenvalue weighted by Crippen LogP contribution is 2.37. The van der Waals surface area contributed by atoms with Gasteiger partial charge in [0.1, 0.15) is 10.9 Å². The third-order valence-corrected chi connectivity index (χ3v) is 7.46. The number of rotatable bonds is 9. The maximum Gasteiger partial charge on any atom is 0.511 e. The average Bonchev–Trinajstić information content (AvgIpc) is 3.28. The Kier molecular flexibility index (Phi) is 12.0. The molecule has 0 radical (unpaired) electrons. The van der Waals surface area contributed by atoms with Crippen LogP contribution >= 0.6 is 11.3 Å². The number of ether oxygens (including phenoxy) is 3. The monoisotopic (exact) mass is 576 g/mol. The first-order valence-corrected chi connectivity index (χ1v) is 14.7. The van der Waals surface area contributed by atoms with Gasteiger partial charge in [0.05, 0.1) is 16.7 Å². The van der Waals surface area contributed by atoms with E-state index in [2.05, 4.69) is 18.8 Å². The van der Waals surface area contributed by atoms with E-state index in [-0.39, 0.29) is 33.7 Å². The summed E-state index contributed by atoms with van der Waals surface area (Å²) in [5.74, 6) is 5.32. The van der Waals surface area contributed by atoms with Gasteiger partial charge in [0.25, 0.3) is 0 Å². The van der Waals surface area contributed by atoms with Crippen LogP contribution in [0, 0.1) is 29.1 Å². The predicted octanol–water partition coefficient (Wildman–Crippen LogP) is 5.85. The van der Waals surface area contributed by atoms with E-state index >= 15 is 0 Å². The summed E-state index contributed by atoms with van der Waals surface area (Å²) >= 11 is 1.08. The minimum Gasteiger partial charge on any atom is -0.431 e. The molecule has 1 saturated carbocycles. The molecule has 1 aromatic rings. The number of carbonyl (C=O) groups is 4. The highest BCUT2D eigenvalue weighted by Gasteiger charge is 2.39. The Morgan fingerprint density at radius 2 is 1.70 bits per heavy atom. The van der Waals surface area contributed by atoms with Crippen LogP contribution in [0.15, 0.2) is 6.07 Å². The van der Waals surface area contributed by atoms with Crippen molar-refractivity contribution in [2.24, 2.45) is 17.3 Å². The summed E-state index contributed by atoms with van der Waals surface area (Å²) < 4.78 is 15.0. The Morgan fingerprint density at radius 1 is 1.07 bits per heavy atom. The molecule has 1 fully saturated rings. The maximum atomic E-state index is 14.1. The molecule has 1 aliphatic carbocycles. The zero-order valence-corrected chi connectivity index (χ0v) is 26.1. The van der Waals surface area contributed by atoms with Crippen molar-refractivity contribution in [2.75, 3.05) is 25.8 Å². The highest BCUT2D eigenvalue weighted by molar-refractivity contribution is 7.15. The maximum absolute atomic E-state index is 14.1. The summed E-state index contributed by atoms with van der Waals surface area (Å²) in [6, 6.07) is 0.867. The van der Waals surface area contributed by atoms with Crippen molar-refractivity contribution in [3.8, 4) is 11.8 Å². The second-order valence-electron chi connectivity index (χ2n) is 11.8. The first-order chi connectivity index (χ1) is 18.6. The van der Waals surface area contributed by atoms with Crippen LogP contribution in [0.2, 0.25) is 0 Å². The largest absolute Gasteiger partial charge is 0.511 e. The molecule has 10 heteroatoms. The van der Waals surface area contributed by atoms with Gasteiger partial charge in [-0.25, -0.2) is 9.59 Å². The lowest BCUT2D eigenvalue weighted by Crippen LogP contribution is -2.51. The molecular formula is C30H44N2O7S. The summed E-state index contributed by atoms with van der Waals surface area (Å²) in [6.07, 6.45) is 2.28. The van der Waals surface area contributed by atoms with Gasteiger partial charge in [-0.15, -0.1) is 11.3 Å². The number of amides is 2. The normalized spacial score (nSPS) is 17.8. The number of hydrogen-bond donors (Lipinski definition) is 0. The van der Waals surface area contributed by atoms with E-state index in [1.807, 2.05) is 27.7 Å². The number of carbonyl (C=O) groups excluding carboxylic acids is 4. The molecule has 0 saturated heterocycles. The summed E-state index contributed by atoms with van der Waals surface area (Å²) in [4.78, 5) is 56.1. The third kappa shape index (κ3) is 9.54. The van der Waals surface area contributed by atoms with Gasteiger partial charge >= 0.3 is 12.1 Å². The molecule has 0 N–H and O–H groups in total. The molecule has 1 aromatic heterocycles. The van der Waals surface area contributed by atoms with Gasteiger partial charge in [0.2, 0.25) is 18.6 Å². The first-order valence-electron chi connectivity index (χ1n) is 13.9. The SMILES string of the molecule is CC[C@@H](C(=O)N(C)C)N(C(=O)C1CCC(C)CC1)c1cc(C#CC(C)(C)C)sc1C(=O)OCOC(=O)OC(C)C. The fourth-order valence-corrected chi connectivity index (χ4v) is 5.25. The molecule has 2 rings (SSSR count). The Balaban J connectivity index is 2.56. The molecule has 0 bridgehead atoms. The number of esters is 1. The smallest absolute Gasteiger partial charge is 0.431 e. The molecule has 40 heavy (non-hydrogen) atoms. The van der Waals surface area contributed by atoms with Crippen LogP contribution in [0.4, 0.5) is 10.5 Å². The van der Waals surface area contributed by atoms with Crippen LogP contribution < -0.4 is 4.90 Å². The molecule has 0 aromatic carbocycles. The van der Waals surface area contributed by atoms with Gasteiger partial charge in [-0.1, -0.05) is 25.7 Å². The lowest BCUT2D eigenvalue weighted by atomic mass is 9.82. The van der Waals surface area contributed by atoms with Crippen molar-refractivity contribution >= 4 is 41.0 Å². The van der Waals surface area contributed by atoms with Crippen LogP contribution in [-0.4, -0.2) is 61.9 Å². The first kappa shape index (κ1) is 33.1. The fourth-order valence-electron chi connectivity index (χ4n) is 4.35. The minimum absolute atomic E-state index is 0.113. The quantitative estimate of drug-likeness (QED) is 0.206. The van der Waals surface area contributed by atoms with Crippen LogP contribution in [0.3, 0.4) is 0 Å². The number of hydrogen-bond acceptors (Lipinski definition) is 8. The fraction of sp³-hybridized carbons (Fsp3) is 0.667. The van der Waals surface area contributed by atoms with Crippen molar-refractivity contribution in [1.29, 1.82) is 0 Å². The van der Waals surface area contributed by atoms with Gasteiger partial charge in [-0.2, -0.15) is 0 Å². The lowest BCUT2D eigenvalue weighted by molar-refractivity contribution is -0.133. The third-order valence-electron chi connectivity index (χ3n) is 6.44. The predicted molar refractivity (Wildman–Crippen MR) is 155 cm³/mol. The van der Waals surface area contributed by atoms with E-state index in [0.717, 1.165) is 37.0 Å². The molecule has 0 unspecified atom stereocenters. The van der Waals surface area contributed by atoms with Gasteiger partial charge in [-0.05, 0) is 78.7 Å². The van der Waals surface area contributed by atoms with Gasteiger partial charge in [-0.3, -0.25) is 14.5 Å². The van der Waals surface area contributed by atoms with E-state index in [4.69, 9.17) is 14.2 Å². The molecule has 9 nitrogen and oxygen atoms in total. The van der Waals surface area contributed by atoms with Gasteiger partial charge in [0, 0.05) is 25.4 Å². The Bertz CT molecular complexity index is 1120. The van der Waals surface area contributed by atoms with Crippen molar-refractivity contribution in [1.82, 2.24) is 4.90 Å². The van der Waals surface area contributed by atoms with E-state index in [1.54, 1.807) is 34.0 Å². The minimum atomic E-state index is -0.961.